The summed E-state index contributed by atoms with van der Waals surface area (Å²) in [6.07, 6.45) is 1.23. The van der Waals surface area contributed by atoms with Crippen molar-refractivity contribution in [2.45, 2.75) is 64.5 Å². The monoisotopic (exact) mass is 629 g/mol. The van der Waals surface area contributed by atoms with Crippen LogP contribution in [-0.4, -0.2) is 45.0 Å². The van der Waals surface area contributed by atoms with E-state index in [4.69, 9.17) is 5.73 Å². The molecule has 0 aliphatic heterocycles. The predicted octanol–water partition coefficient (Wildman–Crippen LogP) is 6.71. The number of hydrogen-bond donors (Lipinski definition) is 4. The number of nitrogens with zero attached hydrogens (tertiary/aromatic N) is 2. The molecule has 0 aliphatic rings. The van der Waals surface area contributed by atoms with Crippen LogP contribution in [0.4, 0.5) is 33.5 Å². The molecule has 2 aromatic carbocycles. The van der Waals surface area contributed by atoms with Crippen LogP contribution in [0.5, 0.6) is 0 Å². The molecule has 2 aromatic heterocycles. The van der Waals surface area contributed by atoms with E-state index in [1.165, 1.54) is 43.5 Å². The Kier molecular flexibility index (Phi) is 9.31. The van der Waals surface area contributed by atoms with Crippen LogP contribution in [0.25, 0.3) is 22.2 Å². The van der Waals surface area contributed by atoms with Crippen molar-refractivity contribution in [2.24, 2.45) is 0 Å². The second-order valence-corrected chi connectivity index (χ2v) is 11.0. The normalized spacial score (nSPS) is 13.4. The highest BCUT2D eigenvalue weighted by atomic mass is 19.3. The molecule has 0 bridgehead atoms. The van der Waals surface area contributed by atoms with Crippen molar-refractivity contribution in [1.29, 1.82) is 0 Å². The number of nitrogens with two attached hydrogens (primary N) is 1. The van der Waals surface area contributed by atoms with E-state index < -0.39 is 47.2 Å². The first kappa shape index (κ1) is 33.1. The molecule has 2 heterocycles. The lowest BCUT2D eigenvalue weighted by Crippen LogP contribution is -2.43. The average Bonchev–Trinajstić information content (AvgIpc) is 2.94. The van der Waals surface area contributed by atoms with E-state index in [1.54, 1.807) is 19.1 Å². The zero-order chi connectivity index (χ0) is 33.3. The molecule has 0 spiro atoms. The number of aryl methyl sites for hydroxylation is 1. The average molecular weight is 630 g/mol. The molecule has 0 unspecified atom stereocenters. The number of nitrogens with one attached hydrogen (secondary N) is 2. The zero-order valence-corrected chi connectivity index (χ0v) is 24.9. The van der Waals surface area contributed by atoms with Crippen LogP contribution in [0.15, 0.2) is 54.7 Å². The third kappa shape index (κ3) is 7.30. The van der Waals surface area contributed by atoms with Crippen molar-refractivity contribution >= 4 is 34.3 Å². The van der Waals surface area contributed by atoms with Crippen molar-refractivity contribution in [1.82, 2.24) is 15.3 Å². The van der Waals surface area contributed by atoms with E-state index in [0.717, 1.165) is 19.9 Å². The van der Waals surface area contributed by atoms with Gasteiger partial charge in [-0.1, -0.05) is 25.1 Å². The zero-order valence-electron chi connectivity index (χ0n) is 24.9. The van der Waals surface area contributed by atoms with Crippen molar-refractivity contribution in [3.05, 3.63) is 82.8 Å². The number of alkyl halides is 4. The van der Waals surface area contributed by atoms with Crippen LogP contribution < -0.4 is 16.4 Å². The third-order valence-corrected chi connectivity index (χ3v) is 7.41. The molecule has 0 saturated heterocycles. The number of carbonyl (C=O) groups is 2. The smallest absolute Gasteiger partial charge is 0.326 e. The summed E-state index contributed by atoms with van der Waals surface area (Å²) in [5.74, 6) is -9.78. The lowest BCUT2D eigenvalue weighted by atomic mass is 9.94. The summed E-state index contributed by atoms with van der Waals surface area (Å²) < 4.78 is 71.8. The quantitative estimate of drug-likeness (QED) is 0.136. The largest absolute Gasteiger partial charge is 0.480 e. The van der Waals surface area contributed by atoms with Gasteiger partial charge in [0.05, 0.1) is 22.8 Å². The number of hydrogen-bond acceptors (Lipinski definition) is 6. The van der Waals surface area contributed by atoms with Crippen LogP contribution in [0.2, 0.25) is 0 Å². The Bertz CT molecular complexity index is 1730. The summed E-state index contributed by atoms with van der Waals surface area (Å²) in [5, 5.41) is 15.3. The van der Waals surface area contributed by atoms with Crippen LogP contribution in [0, 0.1) is 12.7 Å². The Morgan fingerprint density at radius 2 is 1.78 bits per heavy atom. The minimum absolute atomic E-state index is 0.0136. The van der Waals surface area contributed by atoms with Crippen LogP contribution >= 0.6 is 0 Å². The molecule has 13 heteroatoms. The Balaban J connectivity index is 1.66. The molecule has 0 radical (unpaired) electrons. The molecular formula is C32H32F5N5O3. The van der Waals surface area contributed by atoms with E-state index in [1.807, 2.05) is 0 Å². The first-order valence-electron chi connectivity index (χ1n) is 14.0. The predicted molar refractivity (Wildman–Crippen MR) is 161 cm³/mol. The van der Waals surface area contributed by atoms with Crippen LogP contribution in [-0.2, 0) is 17.1 Å². The van der Waals surface area contributed by atoms with Crippen LogP contribution in [0.3, 0.4) is 0 Å². The summed E-state index contributed by atoms with van der Waals surface area (Å²) in [6, 6.07) is 8.07. The number of nitrogen functional groups attached to an aromatic ring is 1. The fourth-order valence-corrected chi connectivity index (χ4v) is 5.19. The van der Waals surface area contributed by atoms with Crippen molar-refractivity contribution in [2.75, 3.05) is 11.1 Å². The second kappa shape index (κ2) is 12.7. The molecule has 4 rings (SSSR count). The number of rotatable bonds is 11. The van der Waals surface area contributed by atoms with Gasteiger partial charge in [0, 0.05) is 48.7 Å². The number of carboxylic acid groups (broad SMARTS) is 1. The maximum atomic E-state index is 15.1. The minimum Gasteiger partial charge on any atom is -0.480 e. The first-order valence-corrected chi connectivity index (χ1v) is 14.0. The summed E-state index contributed by atoms with van der Waals surface area (Å²) in [4.78, 5) is 33.9. The summed E-state index contributed by atoms with van der Waals surface area (Å²) in [5.41, 5.74) is 5.96. The molecule has 0 aliphatic carbocycles. The highest BCUT2D eigenvalue weighted by Gasteiger charge is 2.33. The van der Waals surface area contributed by atoms with E-state index in [9.17, 15) is 32.3 Å². The molecule has 1 amide bonds. The van der Waals surface area contributed by atoms with Gasteiger partial charge in [-0.15, -0.1) is 0 Å². The molecule has 2 atom stereocenters. The highest BCUT2D eigenvalue weighted by molar-refractivity contribution is 5.99. The van der Waals surface area contributed by atoms with Gasteiger partial charge >= 0.3 is 5.97 Å². The number of anilines is 2. The number of amides is 1. The topological polar surface area (TPSA) is 130 Å². The van der Waals surface area contributed by atoms with Gasteiger partial charge in [-0.05, 0) is 54.8 Å². The fourth-order valence-electron chi connectivity index (χ4n) is 5.19. The summed E-state index contributed by atoms with van der Waals surface area (Å²) in [6.45, 7) is 4.43. The molecular weight excluding hydrogens is 597 g/mol. The van der Waals surface area contributed by atoms with E-state index >= 15 is 4.39 Å². The Hall–Kier alpha value is -4.81. The van der Waals surface area contributed by atoms with Gasteiger partial charge in [0.1, 0.15) is 17.7 Å². The van der Waals surface area contributed by atoms with E-state index in [-0.39, 0.29) is 52.2 Å². The van der Waals surface area contributed by atoms with Gasteiger partial charge in [-0.3, -0.25) is 9.78 Å². The Labute approximate surface area is 255 Å². The number of pyridine rings is 2. The number of halogens is 5. The van der Waals surface area contributed by atoms with Gasteiger partial charge in [0.25, 0.3) is 17.8 Å². The lowest BCUT2D eigenvalue weighted by Gasteiger charge is -2.25. The van der Waals surface area contributed by atoms with E-state index in [2.05, 4.69) is 20.6 Å². The Morgan fingerprint density at radius 1 is 1.07 bits per heavy atom. The number of fused-ring (bicyclic) bond motifs is 1. The molecule has 0 fully saturated rings. The van der Waals surface area contributed by atoms with Gasteiger partial charge in [-0.25, -0.2) is 31.7 Å². The van der Waals surface area contributed by atoms with Gasteiger partial charge in [0.15, 0.2) is 0 Å². The van der Waals surface area contributed by atoms with Gasteiger partial charge < -0.3 is 21.5 Å². The molecule has 4 aromatic rings. The number of benzene rings is 2. The second-order valence-electron chi connectivity index (χ2n) is 11.0. The van der Waals surface area contributed by atoms with E-state index in [0.29, 0.717) is 10.9 Å². The SMILES string of the molecule is CC[C@@H](Nc1cc(C)c(C(=O)N[C@@H](Cc2ccc(-c3nc(N)ccc3C(C)(F)F)c3ncccc23)C(=O)O)c(F)c1)C(C)(F)F. The minimum atomic E-state index is -3.26. The van der Waals surface area contributed by atoms with Gasteiger partial charge in [0.2, 0.25) is 0 Å². The molecule has 238 valence electrons. The van der Waals surface area contributed by atoms with Crippen molar-refractivity contribution in [3.8, 4) is 11.3 Å². The maximum Gasteiger partial charge on any atom is 0.326 e. The maximum absolute atomic E-state index is 15.1. The lowest BCUT2D eigenvalue weighted by molar-refractivity contribution is -0.139. The van der Waals surface area contributed by atoms with Crippen molar-refractivity contribution in [3.63, 3.8) is 0 Å². The number of carboxylic acids is 1. The fraction of sp³-hybridized carbons (Fsp3) is 0.312. The standard InChI is InChI=1S/C32H32F5N5O3/c1-5-24(32(4,36)37)40-18-13-16(2)26(22(33)15-18)29(43)41-23(30(44)45)14-17-8-9-20(27-19(17)7-6-12-39-27)28-21(31(3,34)35)10-11-25(38)42-28/h6-13,15,23-24,40H,5,14H2,1-4H3,(H2,38,42)(H,41,43)(H,44,45)/t23-,24+/m0/s1. The molecule has 0 saturated carbocycles. The molecule has 5 N–H and O–H groups in total. The third-order valence-electron chi connectivity index (χ3n) is 7.41. The highest BCUT2D eigenvalue weighted by Crippen LogP contribution is 2.38. The summed E-state index contributed by atoms with van der Waals surface area (Å²) in [7, 11) is 0. The first-order chi connectivity index (χ1) is 21.0. The van der Waals surface area contributed by atoms with Crippen LogP contribution in [0.1, 0.15) is 54.2 Å². The van der Waals surface area contributed by atoms with Crippen molar-refractivity contribution < 1.29 is 36.6 Å². The Morgan fingerprint density at radius 3 is 2.38 bits per heavy atom. The molecule has 45 heavy (non-hydrogen) atoms. The molecule has 8 nitrogen and oxygen atoms in total. The summed E-state index contributed by atoms with van der Waals surface area (Å²) >= 11 is 0. The number of aliphatic carboxylic acids is 1. The number of aromatic nitrogens is 2. The number of carbonyl (C=O) groups excluding carboxylic acids is 1. The van der Waals surface area contributed by atoms with Gasteiger partial charge in [-0.2, -0.15) is 0 Å².